The van der Waals surface area contributed by atoms with Gasteiger partial charge in [-0.2, -0.15) is 0 Å². The molecule has 174 valence electrons. The molecular formula is C22H23N3O6S2. The fraction of sp³-hybridized carbons (Fsp3) is 0.364. The van der Waals surface area contributed by atoms with Crippen LogP contribution in [0, 0.1) is 5.92 Å². The summed E-state index contributed by atoms with van der Waals surface area (Å²) < 4.78 is 16.2. The van der Waals surface area contributed by atoms with Crippen LogP contribution in [0.3, 0.4) is 0 Å². The van der Waals surface area contributed by atoms with Crippen molar-refractivity contribution >= 4 is 40.0 Å². The predicted octanol–water partition coefficient (Wildman–Crippen LogP) is 2.74. The Morgan fingerprint density at radius 2 is 2.09 bits per heavy atom. The van der Waals surface area contributed by atoms with E-state index in [0.29, 0.717) is 27.9 Å². The molecule has 33 heavy (non-hydrogen) atoms. The number of carbonyl (C=O) groups excluding carboxylic acids is 2. The molecule has 0 spiro atoms. The molecule has 1 aromatic carbocycles. The molecule has 1 aliphatic carbocycles. The highest BCUT2D eigenvalue weighted by atomic mass is 32.2. The van der Waals surface area contributed by atoms with Crippen LogP contribution in [-0.2, 0) is 22.4 Å². The number of methoxy groups -OCH3 is 2. The van der Waals surface area contributed by atoms with Gasteiger partial charge in [-0.25, -0.2) is 4.79 Å². The van der Waals surface area contributed by atoms with Gasteiger partial charge in [-0.3, -0.25) is 4.79 Å². The second-order valence-corrected chi connectivity index (χ2v) is 9.73. The first-order valence-electron chi connectivity index (χ1n) is 10.3. The lowest BCUT2D eigenvalue weighted by molar-refractivity contribution is -0.705. The summed E-state index contributed by atoms with van der Waals surface area (Å²) in [5.41, 5.74) is 1.99. The van der Waals surface area contributed by atoms with Crippen molar-refractivity contribution in [2.75, 3.05) is 25.3 Å². The molecule has 0 fully saturated rings. The van der Waals surface area contributed by atoms with E-state index in [2.05, 4.69) is 17.5 Å². The highest BCUT2D eigenvalue weighted by Gasteiger charge is 2.29. The zero-order chi connectivity index (χ0) is 23.5. The molecule has 2 aromatic heterocycles. The normalized spacial score (nSPS) is 15.1. The number of carbonyl (C=O) groups is 2. The smallest absolute Gasteiger partial charge is 0.341 e. The van der Waals surface area contributed by atoms with E-state index < -0.39 is 11.9 Å². The quantitative estimate of drug-likeness (QED) is 0.306. The largest absolute Gasteiger partial charge is 0.538 e. The van der Waals surface area contributed by atoms with E-state index in [1.807, 2.05) is 0 Å². The number of rotatable bonds is 7. The lowest BCUT2D eigenvalue weighted by Crippen LogP contribution is -2.35. The molecular weight excluding hydrogens is 466 g/mol. The standard InChI is InChI=1S/C22H23N3O6S2/c1-12-4-9-15-16(10-12)33-19(18(15)21(27)30-3)23-17(26)11-32-20-22(28)31-24-25(20)13-5-7-14(29-2)8-6-13/h5-8,12H,4,9-11H2,1-3H3,(H-,23,24,26,27,28). The Labute approximate surface area is 198 Å². The van der Waals surface area contributed by atoms with Crippen LogP contribution >= 0.6 is 23.1 Å². The molecule has 11 heteroatoms. The van der Waals surface area contributed by atoms with E-state index in [1.54, 1.807) is 31.4 Å². The minimum Gasteiger partial charge on any atom is -0.538 e. The van der Waals surface area contributed by atoms with Crippen molar-refractivity contribution in [2.24, 2.45) is 5.92 Å². The van der Waals surface area contributed by atoms with E-state index in [0.717, 1.165) is 41.5 Å². The zero-order valence-electron chi connectivity index (χ0n) is 18.4. The van der Waals surface area contributed by atoms with Crippen LogP contribution in [0.2, 0.25) is 0 Å². The summed E-state index contributed by atoms with van der Waals surface area (Å²) in [6.45, 7) is 2.17. The highest BCUT2D eigenvalue weighted by Crippen LogP contribution is 2.40. The van der Waals surface area contributed by atoms with Gasteiger partial charge >= 0.3 is 5.97 Å². The van der Waals surface area contributed by atoms with Gasteiger partial charge in [-0.15, -0.1) is 11.3 Å². The average molecular weight is 490 g/mol. The van der Waals surface area contributed by atoms with Gasteiger partial charge in [0, 0.05) is 17.0 Å². The van der Waals surface area contributed by atoms with E-state index in [9.17, 15) is 14.7 Å². The number of benzene rings is 1. The second kappa shape index (κ2) is 9.84. The Kier molecular flexibility index (Phi) is 6.89. The summed E-state index contributed by atoms with van der Waals surface area (Å²) in [6, 6.07) is 6.92. The van der Waals surface area contributed by atoms with Gasteiger partial charge in [-0.1, -0.05) is 6.92 Å². The topological polar surface area (TPSA) is 118 Å². The number of nitrogens with zero attached hydrogens (tertiary/aromatic N) is 2. The molecule has 1 N–H and O–H groups in total. The maximum atomic E-state index is 12.7. The summed E-state index contributed by atoms with van der Waals surface area (Å²) in [5, 5.41) is 19.4. The number of fused-ring (bicyclic) bond motifs is 1. The van der Waals surface area contributed by atoms with Gasteiger partial charge in [0.15, 0.2) is 5.95 Å². The van der Waals surface area contributed by atoms with Crippen molar-refractivity contribution in [3.8, 4) is 17.4 Å². The van der Waals surface area contributed by atoms with Crippen LogP contribution < -0.4 is 19.8 Å². The highest BCUT2D eigenvalue weighted by molar-refractivity contribution is 7.99. The minimum absolute atomic E-state index is 0.0633. The third-order valence-corrected chi connectivity index (χ3v) is 7.57. The van der Waals surface area contributed by atoms with Gasteiger partial charge in [-0.05, 0) is 59.3 Å². The number of thiophene rings is 1. The Hall–Kier alpha value is -3.05. The Morgan fingerprint density at radius 3 is 2.79 bits per heavy atom. The molecule has 0 radical (unpaired) electrons. The summed E-state index contributed by atoms with van der Waals surface area (Å²) in [4.78, 5) is 26.3. The monoisotopic (exact) mass is 489 g/mol. The fourth-order valence-corrected chi connectivity index (χ4v) is 5.87. The molecule has 0 bridgehead atoms. The third-order valence-electron chi connectivity index (χ3n) is 5.38. The van der Waals surface area contributed by atoms with E-state index in [4.69, 9.17) is 14.0 Å². The van der Waals surface area contributed by atoms with E-state index in [1.165, 1.54) is 23.1 Å². The molecule has 9 nitrogen and oxygen atoms in total. The van der Waals surface area contributed by atoms with Gasteiger partial charge in [0.05, 0.1) is 30.8 Å². The lowest BCUT2D eigenvalue weighted by atomic mass is 9.88. The van der Waals surface area contributed by atoms with Crippen molar-refractivity contribution in [1.82, 2.24) is 5.27 Å². The molecule has 0 saturated carbocycles. The molecule has 0 saturated heterocycles. The fourth-order valence-electron chi connectivity index (χ4n) is 3.70. The first-order chi connectivity index (χ1) is 15.9. The predicted molar refractivity (Wildman–Crippen MR) is 120 cm³/mol. The number of ether oxygens (including phenoxy) is 2. The molecule has 4 rings (SSSR count). The summed E-state index contributed by atoms with van der Waals surface area (Å²) in [6.07, 6.45) is 2.64. The molecule has 2 heterocycles. The SMILES string of the molecule is COC(=O)c1c(NC(=O)CSc2c([O-])on[n+]2-c2ccc(OC)cc2)sc2c1CCC(C)C2. The van der Waals surface area contributed by atoms with Crippen LogP contribution in [0.1, 0.15) is 34.1 Å². The summed E-state index contributed by atoms with van der Waals surface area (Å²) >= 11 is 2.42. The molecule has 1 aliphatic rings. The number of esters is 1. The lowest BCUT2D eigenvalue weighted by Gasteiger charge is -2.18. The number of hydrogen-bond donors (Lipinski definition) is 1. The molecule has 3 aromatic rings. The van der Waals surface area contributed by atoms with Crippen molar-refractivity contribution in [2.45, 2.75) is 31.2 Å². The average Bonchev–Trinajstić information content (AvgIpc) is 3.36. The van der Waals surface area contributed by atoms with Gasteiger partial charge in [0.2, 0.25) is 11.6 Å². The number of nitrogens with one attached hydrogen (secondary N) is 1. The summed E-state index contributed by atoms with van der Waals surface area (Å²) in [7, 11) is 2.89. The maximum absolute atomic E-state index is 12.7. The Bertz CT molecular complexity index is 1170. The van der Waals surface area contributed by atoms with Crippen molar-refractivity contribution in [3.05, 3.63) is 40.3 Å². The second-order valence-electron chi connectivity index (χ2n) is 7.66. The number of thioether (sulfide) groups is 1. The van der Waals surface area contributed by atoms with E-state index in [-0.39, 0.29) is 16.7 Å². The third kappa shape index (κ3) is 4.83. The summed E-state index contributed by atoms with van der Waals surface area (Å²) in [5.74, 6) is -0.320. The molecule has 1 atom stereocenters. The molecule has 1 unspecified atom stereocenters. The number of aromatic nitrogens is 2. The van der Waals surface area contributed by atoms with E-state index >= 15 is 0 Å². The van der Waals surface area contributed by atoms with Crippen LogP contribution in [0.4, 0.5) is 5.00 Å². The van der Waals surface area contributed by atoms with Crippen molar-refractivity contribution in [1.29, 1.82) is 0 Å². The molecule has 0 aliphatic heterocycles. The van der Waals surface area contributed by atoms with Crippen molar-refractivity contribution < 1.29 is 33.4 Å². The Balaban J connectivity index is 1.50. The van der Waals surface area contributed by atoms with Crippen LogP contribution in [-0.4, -0.2) is 37.1 Å². The van der Waals surface area contributed by atoms with Gasteiger partial charge < -0.3 is 24.4 Å². The number of anilines is 1. The minimum atomic E-state index is -0.639. The molecule has 1 amide bonds. The number of hydrogen-bond acceptors (Lipinski definition) is 9. The van der Waals surface area contributed by atoms with Crippen LogP contribution in [0.5, 0.6) is 11.7 Å². The Morgan fingerprint density at radius 1 is 1.33 bits per heavy atom. The first kappa shape index (κ1) is 23.1. The van der Waals surface area contributed by atoms with Crippen molar-refractivity contribution in [3.63, 3.8) is 0 Å². The van der Waals surface area contributed by atoms with Gasteiger partial charge in [0.25, 0.3) is 5.03 Å². The van der Waals surface area contributed by atoms with Crippen LogP contribution in [0.15, 0.2) is 33.8 Å². The zero-order valence-corrected chi connectivity index (χ0v) is 20.0. The number of amides is 1. The maximum Gasteiger partial charge on any atom is 0.341 e. The van der Waals surface area contributed by atoms with Crippen LogP contribution in [0.25, 0.3) is 5.69 Å². The van der Waals surface area contributed by atoms with Gasteiger partial charge in [0.1, 0.15) is 10.8 Å². The first-order valence-corrected chi connectivity index (χ1v) is 12.1.